The van der Waals surface area contributed by atoms with E-state index < -0.39 is 11.0 Å². The summed E-state index contributed by atoms with van der Waals surface area (Å²) in [6, 6.07) is 18.3. The lowest BCUT2D eigenvalue weighted by Gasteiger charge is -2.71. The molecule has 2 aromatic rings. The van der Waals surface area contributed by atoms with Gasteiger partial charge in [0, 0.05) is 33.9 Å². The summed E-state index contributed by atoms with van der Waals surface area (Å²) in [7, 11) is 2.14. The summed E-state index contributed by atoms with van der Waals surface area (Å²) in [5.74, 6) is 0.605. The van der Waals surface area contributed by atoms with Crippen molar-refractivity contribution in [3.8, 4) is 11.1 Å². The first-order valence-electron chi connectivity index (χ1n) is 16.8. The van der Waals surface area contributed by atoms with Gasteiger partial charge in [0.25, 0.3) is 0 Å². The molecule has 4 nitrogen and oxygen atoms in total. The molecule has 3 saturated carbocycles. The van der Waals surface area contributed by atoms with E-state index in [-0.39, 0.29) is 34.1 Å². The van der Waals surface area contributed by atoms with Crippen molar-refractivity contribution in [1.29, 1.82) is 0 Å². The Labute approximate surface area is 257 Å². The van der Waals surface area contributed by atoms with Gasteiger partial charge in [0.15, 0.2) is 5.78 Å². The Bertz CT molecular complexity index is 1480. The van der Waals surface area contributed by atoms with E-state index in [1.807, 2.05) is 36.4 Å². The first-order chi connectivity index (χ1) is 20.5. The second kappa shape index (κ2) is 9.99. The number of hydrogen-bond acceptors (Lipinski definition) is 4. The molecule has 0 aromatic heterocycles. The number of carbonyl (C=O) groups excluding carboxylic acids is 1. The zero-order valence-corrected chi connectivity index (χ0v) is 26.5. The van der Waals surface area contributed by atoms with Crippen molar-refractivity contribution in [3.63, 3.8) is 0 Å². The molecule has 2 aromatic carbocycles. The SMILES string of the molecule is CCCN(C)C[C@]1(O)CC[C@H]2[C@]34C=C[C@@]5(C=C3C(=O)c3ccccc3-c3ccccc3)CC(O)CC[C@]5(C)[C@H]4CC[C@@]21C. The first kappa shape index (κ1) is 29.2. The third kappa shape index (κ3) is 3.88. The summed E-state index contributed by atoms with van der Waals surface area (Å²) in [6.07, 6.45) is 14.0. The fourth-order valence-electron chi connectivity index (χ4n) is 11.2. The molecule has 2 bridgehead atoms. The lowest BCUT2D eigenvalue weighted by Crippen LogP contribution is -2.67. The molecular formula is C39H49NO3. The van der Waals surface area contributed by atoms with E-state index in [1.54, 1.807) is 0 Å². The van der Waals surface area contributed by atoms with Crippen molar-refractivity contribution in [2.75, 3.05) is 20.1 Å². The monoisotopic (exact) mass is 579 g/mol. The lowest BCUT2D eigenvalue weighted by molar-refractivity contribution is -0.175. The smallest absolute Gasteiger partial charge is 0.190 e. The van der Waals surface area contributed by atoms with Crippen molar-refractivity contribution in [3.05, 3.63) is 84.0 Å². The summed E-state index contributed by atoms with van der Waals surface area (Å²) in [4.78, 5) is 17.5. The van der Waals surface area contributed by atoms with Gasteiger partial charge in [0.2, 0.25) is 0 Å². The van der Waals surface area contributed by atoms with Gasteiger partial charge in [-0.2, -0.15) is 0 Å². The maximum Gasteiger partial charge on any atom is 0.190 e. The molecule has 8 rings (SSSR count). The molecule has 0 radical (unpaired) electrons. The van der Waals surface area contributed by atoms with Crippen LogP contribution in [0.25, 0.3) is 11.1 Å². The summed E-state index contributed by atoms with van der Waals surface area (Å²) in [6.45, 7) is 8.64. The van der Waals surface area contributed by atoms with Crippen LogP contribution in [-0.2, 0) is 0 Å². The van der Waals surface area contributed by atoms with Crippen LogP contribution in [0, 0.1) is 33.5 Å². The predicted molar refractivity (Wildman–Crippen MR) is 173 cm³/mol. The molecule has 0 saturated heterocycles. The number of aliphatic hydroxyl groups excluding tert-OH is 1. The molecule has 0 heterocycles. The standard InChI is InChI=1S/C39H49NO3/c1-5-23-40(4)26-38(43)20-17-33-36(38,3)19-16-32-35(2)18-15-28(41)24-37(35)21-22-39(32,33)31(25-37)34(42)30-14-10-9-13-29(30)27-11-7-6-8-12-27/h6-14,21-22,25,28,32-33,41,43H,5,15-20,23-24,26H2,1-4H3/t28?,32-,33-,35-,36+,37+,38-,39-/m1/s1. The molecule has 0 amide bonds. The van der Waals surface area contributed by atoms with E-state index in [1.165, 1.54) is 0 Å². The molecule has 6 aliphatic rings. The van der Waals surface area contributed by atoms with Gasteiger partial charge in [-0.3, -0.25) is 4.79 Å². The highest BCUT2D eigenvalue weighted by Gasteiger charge is 2.74. The van der Waals surface area contributed by atoms with Crippen LogP contribution in [0.5, 0.6) is 0 Å². The number of likely N-dealkylation sites (N-methyl/N-ethyl adjacent to an activating group) is 1. The van der Waals surface area contributed by atoms with Crippen LogP contribution in [0.15, 0.2) is 78.4 Å². The van der Waals surface area contributed by atoms with Crippen molar-refractivity contribution in [1.82, 2.24) is 4.90 Å². The van der Waals surface area contributed by atoms with Gasteiger partial charge < -0.3 is 15.1 Å². The van der Waals surface area contributed by atoms with E-state index in [4.69, 9.17) is 0 Å². The summed E-state index contributed by atoms with van der Waals surface area (Å²) in [5, 5.41) is 23.5. The molecule has 228 valence electrons. The molecule has 4 heteroatoms. The topological polar surface area (TPSA) is 60.8 Å². The van der Waals surface area contributed by atoms with Crippen LogP contribution >= 0.6 is 0 Å². The Kier molecular flexibility index (Phi) is 6.78. The summed E-state index contributed by atoms with van der Waals surface area (Å²) >= 11 is 0. The van der Waals surface area contributed by atoms with Crippen molar-refractivity contribution >= 4 is 5.78 Å². The number of aliphatic hydroxyl groups is 2. The largest absolute Gasteiger partial charge is 0.393 e. The number of carbonyl (C=O) groups is 1. The Morgan fingerprint density at radius 2 is 1.58 bits per heavy atom. The highest BCUT2D eigenvalue weighted by atomic mass is 16.3. The Morgan fingerprint density at radius 1 is 0.907 bits per heavy atom. The number of ketones is 1. The Morgan fingerprint density at radius 3 is 2.35 bits per heavy atom. The summed E-state index contributed by atoms with van der Waals surface area (Å²) in [5.41, 5.74) is 1.84. The number of nitrogens with zero attached hydrogens (tertiary/aromatic N) is 1. The fraction of sp³-hybridized carbons (Fsp3) is 0.564. The van der Waals surface area contributed by atoms with E-state index >= 15 is 4.79 Å². The Hall–Kier alpha value is -2.53. The maximum atomic E-state index is 15.2. The number of allylic oxidation sites excluding steroid dienone is 4. The average Bonchev–Trinajstić information content (AvgIpc) is 3.27. The van der Waals surface area contributed by atoms with Crippen LogP contribution in [0.3, 0.4) is 0 Å². The third-order valence-corrected chi connectivity index (χ3v) is 13.3. The molecule has 2 N–H and O–H groups in total. The van der Waals surface area contributed by atoms with Crippen LogP contribution in [-0.4, -0.2) is 52.7 Å². The summed E-state index contributed by atoms with van der Waals surface area (Å²) < 4.78 is 0. The van der Waals surface area contributed by atoms with E-state index in [2.05, 4.69) is 69.1 Å². The van der Waals surface area contributed by atoms with Gasteiger partial charge in [0.1, 0.15) is 0 Å². The van der Waals surface area contributed by atoms with Gasteiger partial charge >= 0.3 is 0 Å². The molecular weight excluding hydrogens is 530 g/mol. The van der Waals surface area contributed by atoms with Gasteiger partial charge in [0.05, 0.1) is 11.7 Å². The zero-order valence-electron chi connectivity index (χ0n) is 26.5. The molecule has 6 aliphatic carbocycles. The number of benzene rings is 2. The molecule has 0 aliphatic heterocycles. The van der Waals surface area contributed by atoms with E-state index in [9.17, 15) is 10.2 Å². The van der Waals surface area contributed by atoms with E-state index in [0.29, 0.717) is 18.9 Å². The number of rotatable bonds is 7. The minimum absolute atomic E-state index is 0.0231. The normalized spacial score (nSPS) is 41.0. The van der Waals surface area contributed by atoms with Gasteiger partial charge in [-0.25, -0.2) is 0 Å². The molecule has 8 atom stereocenters. The minimum Gasteiger partial charge on any atom is -0.393 e. The minimum atomic E-state index is -0.791. The van der Waals surface area contributed by atoms with Crippen LogP contribution in [0.2, 0.25) is 0 Å². The van der Waals surface area contributed by atoms with Crippen LogP contribution < -0.4 is 0 Å². The second-order valence-electron chi connectivity index (χ2n) is 15.3. The van der Waals surface area contributed by atoms with Gasteiger partial charge in [-0.05, 0) is 93.3 Å². The number of Topliss-reactive ketones (excluding diaryl/α,β-unsaturated/α-hetero) is 1. The second-order valence-corrected chi connectivity index (χ2v) is 15.3. The van der Waals surface area contributed by atoms with Crippen molar-refractivity contribution in [2.45, 2.75) is 83.8 Å². The molecule has 1 unspecified atom stereocenters. The van der Waals surface area contributed by atoms with Crippen LogP contribution in [0.4, 0.5) is 0 Å². The van der Waals surface area contributed by atoms with Crippen molar-refractivity contribution in [2.24, 2.45) is 33.5 Å². The predicted octanol–water partition coefficient (Wildman–Crippen LogP) is 7.47. The maximum absolute atomic E-state index is 15.2. The van der Waals surface area contributed by atoms with Crippen LogP contribution in [0.1, 0.15) is 82.5 Å². The van der Waals surface area contributed by atoms with Gasteiger partial charge in [-0.15, -0.1) is 0 Å². The zero-order chi connectivity index (χ0) is 30.3. The molecule has 2 spiro atoms. The quantitative estimate of drug-likeness (QED) is 0.264. The average molecular weight is 580 g/mol. The van der Waals surface area contributed by atoms with E-state index in [0.717, 1.165) is 73.8 Å². The highest BCUT2D eigenvalue weighted by molar-refractivity contribution is 6.14. The first-order valence-corrected chi connectivity index (χ1v) is 16.8. The highest BCUT2D eigenvalue weighted by Crippen LogP contribution is 2.78. The Balaban J connectivity index is 1.40. The van der Waals surface area contributed by atoms with Crippen molar-refractivity contribution < 1.29 is 15.0 Å². The van der Waals surface area contributed by atoms with Gasteiger partial charge in [-0.1, -0.05) is 93.6 Å². The molecule has 43 heavy (non-hydrogen) atoms. The number of fused-ring (bicyclic) bond motifs is 1. The lowest BCUT2D eigenvalue weighted by atomic mass is 9.32. The molecule has 3 fully saturated rings. The number of hydrogen-bond donors (Lipinski definition) is 2. The fourth-order valence-corrected chi connectivity index (χ4v) is 11.2. The third-order valence-electron chi connectivity index (χ3n) is 13.3.